The highest BCUT2D eigenvalue weighted by Gasteiger charge is 2.26. The summed E-state index contributed by atoms with van der Waals surface area (Å²) in [4.78, 5) is 2.47. The van der Waals surface area contributed by atoms with E-state index < -0.39 is 0 Å². The molecule has 90 valence electrons. The Bertz CT molecular complexity index is 190. The fraction of sp³-hybridized carbons (Fsp3) is 1.00. The van der Waals surface area contributed by atoms with E-state index in [2.05, 4.69) is 44.8 Å². The van der Waals surface area contributed by atoms with Crippen molar-refractivity contribution in [3.8, 4) is 0 Å². The molecule has 1 heterocycles. The maximum atomic E-state index is 5.35. The van der Waals surface area contributed by atoms with E-state index in [0.29, 0.717) is 0 Å². The molecule has 1 rings (SSSR count). The Morgan fingerprint density at radius 1 is 1.07 bits per heavy atom. The van der Waals surface area contributed by atoms with Crippen molar-refractivity contribution in [3.63, 3.8) is 0 Å². The van der Waals surface area contributed by atoms with Gasteiger partial charge in [0.2, 0.25) is 0 Å². The molecule has 1 fully saturated rings. The Balaban J connectivity index is 2.40. The van der Waals surface area contributed by atoms with Gasteiger partial charge in [0.25, 0.3) is 0 Å². The van der Waals surface area contributed by atoms with Gasteiger partial charge in [-0.05, 0) is 34.6 Å². The molecule has 3 heteroatoms. The number of hydrogen-bond acceptors (Lipinski definition) is 3. The first-order valence-corrected chi connectivity index (χ1v) is 5.88. The molecule has 0 saturated carbocycles. The predicted molar refractivity (Wildman–Crippen MR) is 64.2 cm³/mol. The van der Waals surface area contributed by atoms with E-state index in [1.807, 2.05) is 0 Å². The summed E-state index contributed by atoms with van der Waals surface area (Å²) in [6.07, 6.45) is 0. The van der Waals surface area contributed by atoms with Gasteiger partial charge >= 0.3 is 0 Å². The third-order valence-electron chi connectivity index (χ3n) is 2.44. The molecule has 1 aliphatic heterocycles. The van der Waals surface area contributed by atoms with Gasteiger partial charge in [0.15, 0.2) is 0 Å². The van der Waals surface area contributed by atoms with Crippen LogP contribution in [0.4, 0.5) is 0 Å². The monoisotopic (exact) mass is 214 g/mol. The van der Waals surface area contributed by atoms with E-state index in [4.69, 9.17) is 4.74 Å². The predicted octanol–water partition coefficient (Wildman–Crippen LogP) is 1.49. The maximum Gasteiger partial charge on any atom is 0.0594 e. The van der Waals surface area contributed by atoms with E-state index in [1.54, 1.807) is 0 Å². The van der Waals surface area contributed by atoms with Gasteiger partial charge in [0.1, 0.15) is 0 Å². The van der Waals surface area contributed by atoms with Crippen molar-refractivity contribution in [2.75, 3.05) is 32.8 Å². The van der Waals surface area contributed by atoms with E-state index >= 15 is 0 Å². The van der Waals surface area contributed by atoms with Crippen molar-refractivity contribution in [2.24, 2.45) is 0 Å². The molecule has 0 amide bonds. The van der Waals surface area contributed by atoms with Crippen molar-refractivity contribution in [1.29, 1.82) is 0 Å². The van der Waals surface area contributed by atoms with Crippen molar-refractivity contribution in [3.05, 3.63) is 0 Å². The highest BCUT2D eigenvalue weighted by Crippen LogP contribution is 2.13. The summed E-state index contributed by atoms with van der Waals surface area (Å²) in [5.41, 5.74) is 0.339. The molecule has 0 aromatic carbocycles. The molecular formula is C12H26N2O. The normalized spacial score (nSPS) is 20.6. The van der Waals surface area contributed by atoms with E-state index in [9.17, 15) is 0 Å². The second-order valence-corrected chi connectivity index (χ2v) is 6.15. The van der Waals surface area contributed by atoms with Crippen LogP contribution in [-0.4, -0.2) is 48.8 Å². The minimum absolute atomic E-state index is 0.162. The molecule has 15 heavy (non-hydrogen) atoms. The Hall–Kier alpha value is -0.120. The number of ether oxygens (including phenoxy) is 1. The highest BCUT2D eigenvalue weighted by atomic mass is 16.5. The number of morpholine rings is 1. The number of hydrogen-bond donors (Lipinski definition) is 1. The zero-order valence-electron chi connectivity index (χ0n) is 10.9. The minimum Gasteiger partial charge on any atom is -0.379 e. The largest absolute Gasteiger partial charge is 0.379 e. The highest BCUT2D eigenvalue weighted by molar-refractivity contribution is 4.88. The first kappa shape index (κ1) is 12.9. The van der Waals surface area contributed by atoms with Gasteiger partial charge < -0.3 is 10.1 Å². The van der Waals surface area contributed by atoms with E-state index in [1.165, 1.54) is 0 Å². The van der Waals surface area contributed by atoms with Gasteiger partial charge in [0.05, 0.1) is 13.2 Å². The van der Waals surface area contributed by atoms with Crippen LogP contribution in [0.15, 0.2) is 0 Å². The quantitative estimate of drug-likeness (QED) is 0.770. The van der Waals surface area contributed by atoms with Gasteiger partial charge in [-0.25, -0.2) is 0 Å². The van der Waals surface area contributed by atoms with E-state index in [0.717, 1.165) is 32.8 Å². The lowest BCUT2D eigenvalue weighted by molar-refractivity contribution is 0.0246. The van der Waals surface area contributed by atoms with Crippen molar-refractivity contribution in [2.45, 2.75) is 45.7 Å². The Morgan fingerprint density at radius 3 is 2.07 bits per heavy atom. The summed E-state index contributed by atoms with van der Waals surface area (Å²) in [5, 5.41) is 3.66. The fourth-order valence-corrected chi connectivity index (χ4v) is 2.37. The number of rotatable bonds is 3. The lowest BCUT2D eigenvalue weighted by Crippen LogP contribution is -2.57. The fourth-order valence-electron chi connectivity index (χ4n) is 2.37. The first-order valence-electron chi connectivity index (χ1n) is 5.88. The summed E-state index contributed by atoms with van der Waals surface area (Å²) < 4.78 is 5.35. The van der Waals surface area contributed by atoms with Crippen molar-refractivity contribution in [1.82, 2.24) is 10.2 Å². The van der Waals surface area contributed by atoms with Crippen LogP contribution in [0.5, 0.6) is 0 Å². The molecule has 0 aliphatic carbocycles. The van der Waals surface area contributed by atoms with Crippen molar-refractivity contribution >= 4 is 0 Å². The molecular weight excluding hydrogens is 188 g/mol. The van der Waals surface area contributed by atoms with Crippen LogP contribution in [0.2, 0.25) is 0 Å². The maximum absolute atomic E-state index is 5.35. The van der Waals surface area contributed by atoms with Crippen LogP contribution in [0.3, 0.4) is 0 Å². The number of nitrogens with one attached hydrogen (secondary N) is 1. The molecule has 1 saturated heterocycles. The Kier molecular flexibility index (Phi) is 4.15. The SMILES string of the molecule is CC(C)(C)NC(C)(C)CN1CCOCC1. The van der Waals surface area contributed by atoms with Gasteiger partial charge in [-0.2, -0.15) is 0 Å². The standard InChI is InChI=1S/C12H26N2O/c1-11(2,3)13-12(4,5)10-14-6-8-15-9-7-14/h13H,6-10H2,1-5H3. The molecule has 3 nitrogen and oxygen atoms in total. The third-order valence-corrected chi connectivity index (χ3v) is 2.44. The van der Waals surface area contributed by atoms with Crippen LogP contribution in [0.25, 0.3) is 0 Å². The molecule has 0 atom stereocenters. The van der Waals surface area contributed by atoms with Gasteiger partial charge in [-0.3, -0.25) is 4.90 Å². The molecule has 0 spiro atoms. The topological polar surface area (TPSA) is 24.5 Å². The molecule has 0 radical (unpaired) electrons. The average molecular weight is 214 g/mol. The molecule has 0 aromatic heterocycles. The summed E-state index contributed by atoms with van der Waals surface area (Å²) in [5.74, 6) is 0. The summed E-state index contributed by atoms with van der Waals surface area (Å²) in [7, 11) is 0. The van der Waals surface area contributed by atoms with Gasteiger partial charge in [0, 0.05) is 30.7 Å². The molecule has 1 N–H and O–H groups in total. The van der Waals surface area contributed by atoms with Crippen LogP contribution in [0, 0.1) is 0 Å². The molecule has 0 unspecified atom stereocenters. The number of nitrogens with zero attached hydrogens (tertiary/aromatic N) is 1. The lowest BCUT2D eigenvalue weighted by Gasteiger charge is -2.39. The summed E-state index contributed by atoms with van der Waals surface area (Å²) >= 11 is 0. The molecule has 0 bridgehead atoms. The van der Waals surface area contributed by atoms with E-state index in [-0.39, 0.29) is 11.1 Å². The smallest absolute Gasteiger partial charge is 0.0594 e. The summed E-state index contributed by atoms with van der Waals surface area (Å²) in [6.45, 7) is 16.2. The van der Waals surface area contributed by atoms with Crippen LogP contribution in [-0.2, 0) is 4.74 Å². The van der Waals surface area contributed by atoms with Crippen LogP contribution >= 0.6 is 0 Å². The Labute approximate surface area is 94.2 Å². The zero-order valence-corrected chi connectivity index (χ0v) is 10.9. The second-order valence-electron chi connectivity index (χ2n) is 6.15. The zero-order chi connectivity index (χ0) is 11.5. The molecule has 1 aliphatic rings. The van der Waals surface area contributed by atoms with Crippen LogP contribution in [0.1, 0.15) is 34.6 Å². The second kappa shape index (κ2) is 4.81. The van der Waals surface area contributed by atoms with Gasteiger partial charge in [-0.15, -0.1) is 0 Å². The lowest BCUT2D eigenvalue weighted by atomic mass is 9.98. The van der Waals surface area contributed by atoms with Crippen molar-refractivity contribution < 1.29 is 4.74 Å². The third kappa shape index (κ3) is 5.50. The van der Waals surface area contributed by atoms with Crippen LogP contribution < -0.4 is 5.32 Å². The van der Waals surface area contributed by atoms with Gasteiger partial charge in [-0.1, -0.05) is 0 Å². The summed E-state index contributed by atoms with van der Waals surface area (Å²) in [6, 6.07) is 0. The Morgan fingerprint density at radius 2 is 1.60 bits per heavy atom. The average Bonchev–Trinajstić information content (AvgIpc) is 1.99. The minimum atomic E-state index is 0.162. The molecule has 0 aromatic rings. The first-order chi connectivity index (χ1) is 6.79.